The van der Waals surface area contributed by atoms with Gasteiger partial charge in [-0.25, -0.2) is 0 Å². The highest BCUT2D eigenvalue weighted by molar-refractivity contribution is 5.95. The van der Waals surface area contributed by atoms with Crippen LogP contribution in [0.15, 0.2) is 24.3 Å². The van der Waals surface area contributed by atoms with Gasteiger partial charge in [0.25, 0.3) is 5.91 Å². The maximum Gasteiger partial charge on any atom is 0.258 e. The van der Waals surface area contributed by atoms with Gasteiger partial charge in [-0.2, -0.15) is 5.21 Å². The van der Waals surface area contributed by atoms with Gasteiger partial charge in [-0.05, 0) is 31.2 Å². The summed E-state index contributed by atoms with van der Waals surface area (Å²) in [6.07, 6.45) is 0.455. The molecule has 0 saturated carbocycles. The molecule has 8 nitrogen and oxygen atoms in total. The van der Waals surface area contributed by atoms with Crippen molar-refractivity contribution in [2.45, 2.75) is 26.3 Å². The predicted molar refractivity (Wildman–Crippen MR) is 77.3 cm³/mol. The Morgan fingerprint density at radius 3 is 2.64 bits per heavy atom. The molecule has 2 aromatic rings. The van der Waals surface area contributed by atoms with Crippen LogP contribution in [0.3, 0.4) is 0 Å². The van der Waals surface area contributed by atoms with E-state index < -0.39 is 0 Å². The Morgan fingerprint density at radius 2 is 2.05 bits per heavy atom. The number of amides is 1. The number of ketones is 1. The number of hydrogen-bond donors (Lipinski definition) is 2. The van der Waals surface area contributed by atoms with Crippen LogP contribution in [-0.2, 0) is 4.79 Å². The van der Waals surface area contributed by atoms with E-state index in [2.05, 4.69) is 25.9 Å². The number of ether oxygens (including phenoxy) is 1. The number of H-pyrrole nitrogens is 1. The number of Topliss-reactive ketones (excluding diaryl/α,β-unsaturated/α-hetero) is 1. The molecule has 116 valence electrons. The molecule has 1 unspecified atom stereocenters. The van der Waals surface area contributed by atoms with E-state index >= 15 is 0 Å². The van der Waals surface area contributed by atoms with Crippen molar-refractivity contribution in [1.82, 2.24) is 25.9 Å². The highest BCUT2D eigenvalue weighted by Crippen LogP contribution is 2.13. The van der Waals surface area contributed by atoms with Crippen molar-refractivity contribution < 1.29 is 14.3 Å². The molecule has 0 aliphatic carbocycles. The third-order valence-electron chi connectivity index (χ3n) is 2.99. The molecule has 1 aromatic carbocycles. The predicted octanol–water partition coefficient (Wildman–Crippen LogP) is 1.05. The number of rotatable bonds is 7. The van der Waals surface area contributed by atoms with E-state index in [1.54, 1.807) is 31.2 Å². The normalized spacial score (nSPS) is 11.7. The van der Waals surface area contributed by atoms with Crippen LogP contribution in [0, 0.1) is 0 Å². The second kappa shape index (κ2) is 7.30. The summed E-state index contributed by atoms with van der Waals surface area (Å²) < 4.78 is 5.37. The molecule has 0 aliphatic rings. The number of aromatic nitrogens is 4. The Morgan fingerprint density at radius 1 is 1.32 bits per heavy atom. The van der Waals surface area contributed by atoms with Crippen LogP contribution in [0.5, 0.6) is 5.75 Å². The number of carbonyl (C=O) groups excluding carboxylic acids is 2. The Hall–Kier alpha value is -2.77. The van der Waals surface area contributed by atoms with Crippen molar-refractivity contribution in [3.8, 4) is 5.75 Å². The van der Waals surface area contributed by atoms with Gasteiger partial charge in [-0.1, -0.05) is 12.1 Å². The molecule has 1 atom stereocenters. The van der Waals surface area contributed by atoms with Crippen LogP contribution in [0.25, 0.3) is 0 Å². The summed E-state index contributed by atoms with van der Waals surface area (Å²) in [7, 11) is 0. The van der Waals surface area contributed by atoms with Crippen LogP contribution in [-0.4, -0.2) is 38.9 Å². The largest absolute Gasteiger partial charge is 0.484 e. The Balaban J connectivity index is 1.82. The van der Waals surface area contributed by atoms with Crippen molar-refractivity contribution in [2.24, 2.45) is 0 Å². The molecule has 1 heterocycles. The molecule has 1 aromatic heterocycles. The molecule has 0 spiro atoms. The minimum absolute atomic E-state index is 0.0678. The first-order valence-electron chi connectivity index (χ1n) is 6.89. The van der Waals surface area contributed by atoms with E-state index in [1.807, 2.05) is 6.92 Å². The lowest BCUT2D eigenvalue weighted by Gasteiger charge is -2.11. The molecular formula is C14H17N5O3. The van der Waals surface area contributed by atoms with E-state index in [9.17, 15) is 9.59 Å². The summed E-state index contributed by atoms with van der Waals surface area (Å²) >= 11 is 0. The van der Waals surface area contributed by atoms with Crippen molar-refractivity contribution in [3.63, 3.8) is 0 Å². The van der Waals surface area contributed by atoms with Crippen molar-refractivity contribution in [2.75, 3.05) is 6.61 Å². The Labute approximate surface area is 127 Å². The minimum atomic E-state index is -0.362. The van der Waals surface area contributed by atoms with Crippen LogP contribution in [0.4, 0.5) is 0 Å². The summed E-state index contributed by atoms with van der Waals surface area (Å²) in [4.78, 5) is 23.3. The number of nitrogens with one attached hydrogen (secondary N) is 2. The molecule has 2 rings (SSSR count). The van der Waals surface area contributed by atoms with E-state index in [0.717, 1.165) is 0 Å². The SMILES string of the molecule is CCC(=O)c1ccc(OCC(=O)NC(C)c2nn[nH]n2)cc1. The van der Waals surface area contributed by atoms with Crippen LogP contribution >= 0.6 is 0 Å². The highest BCUT2D eigenvalue weighted by Gasteiger charge is 2.13. The average molecular weight is 303 g/mol. The van der Waals surface area contributed by atoms with Gasteiger partial charge in [0.1, 0.15) is 5.75 Å². The summed E-state index contributed by atoms with van der Waals surface area (Å²) in [6, 6.07) is 6.33. The minimum Gasteiger partial charge on any atom is -0.484 e. The van der Waals surface area contributed by atoms with Gasteiger partial charge in [-0.15, -0.1) is 10.2 Å². The number of nitrogens with zero attached hydrogens (tertiary/aromatic N) is 3. The molecule has 1 amide bonds. The third-order valence-corrected chi connectivity index (χ3v) is 2.99. The number of tetrazole rings is 1. The maximum absolute atomic E-state index is 11.8. The fourth-order valence-electron chi connectivity index (χ4n) is 1.79. The van der Waals surface area contributed by atoms with Gasteiger partial charge < -0.3 is 10.1 Å². The molecule has 8 heteroatoms. The van der Waals surface area contributed by atoms with Gasteiger partial charge >= 0.3 is 0 Å². The molecule has 0 saturated heterocycles. The molecule has 2 N–H and O–H groups in total. The van der Waals surface area contributed by atoms with Gasteiger partial charge in [0.2, 0.25) is 0 Å². The van der Waals surface area contributed by atoms with Crippen LogP contribution in [0.2, 0.25) is 0 Å². The van der Waals surface area contributed by atoms with Gasteiger partial charge in [0.15, 0.2) is 18.2 Å². The highest BCUT2D eigenvalue weighted by atomic mass is 16.5. The Bertz CT molecular complexity index is 624. The smallest absolute Gasteiger partial charge is 0.258 e. The first kappa shape index (κ1) is 15.6. The number of aromatic amines is 1. The molecule has 0 bridgehead atoms. The summed E-state index contributed by atoms with van der Waals surface area (Å²) in [6.45, 7) is 3.42. The zero-order valence-corrected chi connectivity index (χ0v) is 12.4. The first-order valence-corrected chi connectivity index (χ1v) is 6.89. The lowest BCUT2D eigenvalue weighted by Crippen LogP contribution is -2.31. The van der Waals surface area contributed by atoms with Gasteiger partial charge in [0.05, 0.1) is 6.04 Å². The fourth-order valence-corrected chi connectivity index (χ4v) is 1.79. The lowest BCUT2D eigenvalue weighted by atomic mass is 10.1. The molecular weight excluding hydrogens is 286 g/mol. The summed E-state index contributed by atoms with van der Waals surface area (Å²) in [5.41, 5.74) is 0.630. The third kappa shape index (κ3) is 4.11. The van der Waals surface area contributed by atoms with Crippen LogP contribution in [0.1, 0.15) is 42.5 Å². The van der Waals surface area contributed by atoms with Crippen molar-refractivity contribution in [3.05, 3.63) is 35.7 Å². The maximum atomic E-state index is 11.8. The van der Waals surface area contributed by atoms with E-state index in [4.69, 9.17) is 4.74 Å². The standard InChI is InChI=1S/C14H17N5O3/c1-3-12(20)10-4-6-11(7-5-10)22-8-13(21)15-9(2)14-16-18-19-17-14/h4-7,9H,3,8H2,1-2H3,(H,15,21)(H,16,17,18,19). The summed E-state index contributed by atoms with van der Waals surface area (Å²) in [5.74, 6) is 0.690. The second-order valence-corrected chi connectivity index (χ2v) is 4.65. The fraction of sp³-hybridized carbons (Fsp3) is 0.357. The van der Waals surface area contributed by atoms with Crippen molar-refractivity contribution >= 4 is 11.7 Å². The van der Waals surface area contributed by atoms with Gasteiger partial charge in [-0.3, -0.25) is 9.59 Å². The number of hydrogen-bond acceptors (Lipinski definition) is 6. The molecule has 22 heavy (non-hydrogen) atoms. The monoisotopic (exact) mass is 303 g/mol. The zero-order chi connectivity index (χ0) is 15.9. The Kier molecular flexibility index (Phi) is 5.18. The van der Waals surface area contributed by atoms with Crippen LogP contribution < -0.4 is 10.1 Å². The van der Waals surface area contributed by atoms with E-state index in [0.29, 0.717) is 23.6 Å². The topological polar surface area (TPSA) is 110 Å². The first-order chi connectivity index (χ1) is 10.6. The van der Waals surface area contributed by atoms with E-state index in [-0.39, 0.29) is 24.3 Å². The second-order valence-electron chi connectivity index (χ2n) is 4.65. The average Bonchev–Trinajstić information content (AvgIpc) is 3.07. The van der Waals surface area contributed by atoms with Gasteiger partial charge in [0, 0.05) is 12.0 Å². The van der Waals surface area contributed by atoms with Crippen molar-refractivity contribution in [1.29, 1.82) is 0 Å². The molecule has 0 aliphatic heterocycles. The zero-order valence-electron chi connectivity index (χ0n) is 12.4. The number of benzene rings is 1. The summed E-state index contributed by atoms with van der Waals surface area (Å²) in [5, 5.41) is 16.0. The quantitative estimate of drug-likeness (QED) is 0.740. The molecule has 0 radical (unpaired) electrons. The van der Waals surface area contributed by atoms with E-state index in [1.165, 1.54) is 0 Å². The lowest BCUT2D eigenvalue weighted by molar-refractivity contribution is -0.123. The molecule has 0 fully saturated rings. The number of carbonyl (C=O) groups is 2.